The number of nitrogens with one attached hydrogen (secondary N) is 1. The van der Waals surface area contributed by atoms with E-state index < -0.39 is 31.9 Å². The first-order valence-corrected chi connectivity index (χ1v) is 11.4. The van der Waals surface area contributed by atoms with Crippen LogP contribution in [0.2, 0.25) is 0 Å². The van der Waals surface area contributed by atoms with Gasteiger partial charge in [0, 0.05) is 6.26 Å². The summed E-state index contributed by atoms with van der Waals surface area (Å²) in [5.41, 5.74) is 1.61. The molecule has 0 bridgehead atoms. The highest BCUT2D eigenvalue weighted by Crippen LogP contribution is 2.22. The van der Waals surface area contributed by atoms with Crippen LogP contribution in [-0.4, -0.2) is 36.2 Å². The predicted molar refractivity (Wildman–Crippen MR) is 100 cm³/mol. The van der Waals surface area contributed by atoms with Crippen molar-refractivity contribution >= 4 is 25.8 Å². The lowest BCUT2D eigenvalue weighted by Crippen LogP contribution is -2.30. The maximum absolute atomic E-state index is 12.7. The maximum Gasteiger partial charge on any atom is 0.307 e. The Morgan fingerprint density at radius 2 is 1.48 bits per heavy atom. The Bertz CT molecular complexity index is 1010. The van der Waals surface area contributed by atoms with Crippen LogP contribution in [0.3, 0.4) is 0 Å². The van der Waals surface area contributed by atoms with Crippen LogP contribution in [0.15, 0.2) is 58.3 Å². The topological polar surface area (TPSA) is 107 Å². The van der Waals surface area contributed by atoms with Gasteiger partial charge >= 0.3 is 5.97 Å². The molecule has 0 spiro atoms. The minimum atomic E-state index is -3.99. The van der Waals surface area contributed by atoms with Gasteiger partial charge in [-0.2, -0.15) is 0 Å². The summed E-state index contributed by atoms with van der Waals surface area (Å²) in [5, 5.41) is 0. The molecule has 0 fully saturated rings. The molecule has 1 atom stereocenters. The normalized spacial score (nSPS) is 13.1. The standard InChI is InChI=1S/C18H21NO6S2/c1-13-4-6-14(7-5-13)17(12-18(20)25-2)19-27(23,24)16-10-8-15(9-11-16)26(3,21)22/h4-11,17,19H,12H2,1-3H3/t17-/m0/s1. The number of ether oxygens (including phenoxy) is 1. The van der Waals surface area contributed by atoms with Crippen LogP contribution in [-0.2, 0) is 29.4 Å². The van der Waals surface area contributed by atoms with Crippen LogP contribution in [0.5, 0.6) is 0 Å². The molecule has 2 aromatic rings. The van der Waals surface area contributed by atoms with E-state index in [1.807, 2.05) is 19.1 Å². The summed E-state index contributed by atoms with van der Waals surface area (Å²) in [6.45, 7) is 1.90. The van der Waals surface area contributed by atoms with Gasteiger partial charge in [0.25, 0.3) is 0 Å². The molecule has 2 aromatic carbocycles. The van der Waals surface area contributed by atoms with Gasteiger partial charge in [0.15, 0.2) is 9.84 Å². The van der Waals surface area contributed by atoms with E-state index in [9.17, 15) is 21.6 Å². The van der Waals surface area contributed by atoms with Gasteiger partial charge in [-0.3, -0.25) is 4.79 Å². The van der Waals surface area contributed by atoms with Gasteiger partial charge in [-0.1, -0.05) is 29.8 Å². The number of rotatable bonds is 7. The van der Waals surface area contributed by atoms with E-state index >= 15 is 0 Å². The summed E-state index contributed by atoms with van der Waals surface area (Å²) >= 11 is 0. The third-order valence-electron chi connectivity index (χ3n) is 3.94. The molecule has 0 unspecified atom stereocenters. The fourth-order valence-corrected chi connectivity index (χ4v) is 4.25. The molecule has 0 aliphatic heterocycles. The molecule has 9 heteroatoms. The summed E-state index contributed by atoms with van der Waals surface area (Å²) in [6.07, 6.45) is 0.860. The van der Waals surface area contributed by atoms with Crippen LogP contribution >= 0.6 is 0 Å². The lowest BCUT2D eigenvalue weighted by Gasteiger charge is -2.18. The highest BCUT2D eigenvalue weighted by atomic mass is 32.2. The summed E-state index contributed by atoms with van der Waals surface area (Å²) in [5.74, 6) is -0.560. The van der Waals surface area contributed by atoms with E-state index in [-0.39, 0.29) is 16.2 Å². The van der Waals surface area contributed by atoms with Crippen molar-refractivity contribution in [2.45, 2.75) is 29.2 Å². The van der Waals surface area contributed by atoms with E-state index in [0.29, 0.717) is 5.56 Å². The Morgan fingerprint density at radius 1 is 0.963 bits per heavy atom. The molecule has 7 nitrogen and oxygen atoms in total. The molecule has 0 saturated carbocycles. The number of carbonyl (C=O) groups is 1. The van der Waals surface area contributed by atoms with Crippen LogP contribution in [0.1, 0.15) is 23.6 Å². The zero-order valence-electron chi connectivity index (χ0n) is 15.2. The maximum atomic E-state index is 12.7. The number of sulfone groups is 1. The number of carbonyl (C=O) groups excluding carboxylic acids is 1. The third kappa shape index (κ3) is 5.62. The summed E-state index contributed by atoms with van der Waals surface area (Å²) < 4.78 is 55.6. The van der Waals surface area contributed by atoms with Crippen LogP contribution in [0.25, 0.3) is 0 Å². The van der Waals surface area contributed by atoms with E-state index in [4.69, 9.17) is 0 Å². The molecule has 146 valence electrons. The summed E-state index contributed by atoms with van der Waals surface area (Å²) in [4.78, 5) is 11.6. The lowest BCUT2D eigenvalue weighted by atomic mass is 10.0. The van der Waals surface area contributed by atoms with Gasteiger partial charge in [0.05, 0.1) is 29.4 Å². The first kappa shape index (κ1) is 21.1. The number of methoxy groups -OCH3 is 1. The second kappa shape index (κ2) is 8.20. The molecular weight excluding hydrogens is 390 g/mol. The molecule has 0 radical (unpaired) electrons. The number of benzene rings is 2. The molecule has 0 saturated heterocycles. The lowest BCUT2D eigenvalue weighted by molar-refractivity contribution is -0.141. The monoisotopic (exact) mass is 411 g/mol. The molecule has 0 aromatic heterocycles. The molecule has 2 rings (SSSR count). The Hall–Kier alpha value is -2.23. The molecule has 0 heterocycles. The smallest absolute Gasteiger partial charge is 0.307 e. The number of sulfonamides is 1. The van der Waals surface area contributed by atoms with Gasteiger partial charge < -0.3 is 4.74 Å². The van der Waals surface area contributed by atoms with Crippen LogP contribution < -0.4 is 4.72 Å². The Morgan fingerprint density at radius 3 is 1.96 bits per heavy atom. The van der Waals surface area contributed by atoms with E-state index in [1.165, 1.54) is 31.4 Å². The molecular formula is C18H21NO6S2. The molecule has 27 heavy (non-hydrogen) atoms. The Kier molecular flexibility index (Phi) is 6.40. The average Bonchev–Trinajstić information content (AvgIpc) is 2.61. The van der Waals surface area contributed by atoms with Crippen molar-refractivity contribution in [3.8, 4) is 0 Å². The first-order chi connectivity index (χ1) is 12.5. The quantitative estimate of drug-likeness (QED) is 0.698. The van der Waals surface area contributed by atoms with Gasteiger partial charge in [0.1, 0.15) is 0 Å². The van der Waals surface area contributed by atoms with E-state index in [2.05, 4.69) is 9.46 Å². The van der Waals surface area contributed by atoms with Crippen molar-refractivity contribution < 1.29 is 26.4 Å². The zero-order valence-corrected chi connectivity index (χ0v) is 16.8. The van der Waals surface area contributed by atoms with Gasteiger partial charge in [0.2, 0.25) is 10.0 Å². The molecule has 0 aliphatic carbocycles. The summed E-state index contributed by atoms with van der Waals surface area (Å²) in [6, 6.07) is 11.2. The number of esters is 1. The predicted octanol–water partition coefficient (Wildman–Crippen LogP) is 1.98. The Balaban J connectivity index is 2.34. The first-order valence-electron chi connectivity index (χ1n) is 7.99. The largest absolute Gasteiger partial charge is 0.469 e. The van der Waals surface area contributed by atoms with Crippen molar-refractivity contribution in [2.75, 3.05) is 13.4 Å². The van der Waals surface area contributed by atoms with Crippen LogP contribution in [0, 0.1) is 6.92 Å². The van der Waals surface area contributed by atoms with Gasteiger partial charge in [-0.25, -0.2) is 21.6 Å². The number of hydrogen-bond donors (Lipinski definition) is 1. The highest BCUT2D eigenvalue weighted by Gasteiger charge is 2.24. The Labute approximate surface area is 159 Å². The van der Waals surface area contributed by atoms with Gasteiger partial charge in [-0.05, 0) is 36.8 Å². The number of hydrogen-bond acceptors (Lipinski definition) is 6. The number of aryl methyl sites for hydroxylation is 1. The van der Waals surface area contributed by atoms with Crippen molar-refractivity contribution in [1.29, 1.82) is 0 Å². The fourth-order valence-electron chi connectivity index (χ4n) is 2.40. The van der Waals surface area contributed by atoms with Gasteiger partial charge in [-0.15, -0.1) is 0 Å². The SMILES string of the molecule is COC(=O)C[C@H](NS(=O)(=O)c1ccc(S(C)(=O)=O)cc1)c1ccc(C)cc1. The summed E-state index contributed by atoms with van der Waals surface area (Å²) in [7, 11) is -6.19. The van der Waals surface area contributed by atoms with E-state index in [0.717, 1.165) is 11.8 Å². The molecule has 1 N–H and O–H groups in total. The van der Waals surface area contributed by atoms with Crippen molar-refractivity contribution in [2.24, 2.45) is 0 Å². The van der Waals surface area contributed by atoms with E-state index in [1.54, 1.807) is 12.1 Å². The highest BCUT2D eigenvalue weighted by molar-refractivity contribution is 7.90. The van der Waals surface area contributed by atoms with Crippen LogP contribution in [0.4, 0.5) is 0 Å². The fraction of sp³-hybridized carbons (Fsp3) is 0.278. The second-order valence-corrected chi connectivity index (χ2v) is 9.84. The van der Waals surface area contributed by atoms with Crippen molar-refractivity contribution in [1.82, 2.24) is 4.72 Å². The third-order valence-corrected chi connectivity index (χ3v) is 6.55. The van der Waals surface area contributed by atoms with Crippen molar-refractivity contribution in [3.05, 3.63) is 59.7 Å². The zero-order chi connectivity index (χ0) is 20.2. The van der Waals surface area contributed by atoms with Crippen molar-refractivity contribution in [3.63, 3.8) is 0 Å². The average molecular weight is 412 g/mol. The molecule has 0 amide bonds. The minimum Gasteiger partial charge on any atom is -0.469 e. The second-order valence-electron chi connectivity index (χ2n) is 6.11. The minimum absolute atomic E-state index is 0.0195. The molecule has 0 aliphatic rings.